The Bertz CT molecular complexity index is 560. The lowest BCUT2D eigenvalue weighted by molar-refractivity contribution is 0.281. The predicted octanol–water partition coefficient (Wildman–Crippen LogP) is 0.441. The van der Waals surface area contributed by atoms with Crippen molar-refractivity contribution in [3.8, 4) is 18.1 Å². The molecule has 0 heterocycles. The molecule has 0 aliphatic rings. The number of terminal acetylenes is 1. The normalized spacial score (nSPS) is 11.3. The molecule has 18 heavy (non-hydrogen) atoms. The average Bonchev–Trinajstić information content (AvgIpc) is 2.38. The van der Waals surface area contributed by atoms with Crippen molar-refractivity contribution >= 4 is 10.0 Å². The zero-order valence-electron chi connectivity index (χ0n) is 10.3. The number of hydrogen-bond acceptors (Lipinski definition) is 4. The van der Waals surface area contributed by atoms with E-state index in [2.05, 4.69) is 5.92 Å². The van der Waals surface area contributed by atoms with Gasteiger partial charge in [-0.3, -0.25) is 0 Å². The predicted molar refractivity (Wildman–Crippen MR) is 67.6 cm³/mol. The number of hydrogen-bond donors (Lipinski definition) is 1. The largest absolute Gasteiger partial charge is 0.495 e. The fraction of sp³-hybridized carbons (Fsp3) is 0.333. The number of benzene rings is 1. The maximum absolute atomic E-state index is 12.2. The van der Waals surface area contributed by atoms with Crippen LogP contribution in [-0.4, -0.2) is 38.5 Å². The Morgan fingerprint density at radius 1 is 1.50 bits per heavy atom. The maximum Gasteiger partial charge on any atom is 0.247 e. The van der Waals surface area contributed by atoms with Gasteiger partial charge in [-0.05, 0) is 17.7 Å². The average molecular weight is 269 g/mol. The van der Waals surface area contributed by atoms with Crippen LogP contribution in [0.2, 0.25) is 0 Å². The Morgan fingerprint density at radius 3 is 2.67 bits per heavy atom. The molecule has 0 radical (unpaired) electrons. The van der Waals surface area contributed by atoms with Gasteiger partial charge in [0.1, 0.15) is 10.6 Å². The number of aliphatic hydroxyl groups excluding tert-OH is 1. The van der Waals surface area contributed by atoms with Crippen LogP contribution in [0.15, 0.2) is 23.1 Å². The lowest BCUT2D eigenvalue weighted by Crippen LogP contribution is -2.27. The number of ether oxygens (including phenoxy) is 1. The van der Waals surface area contributed by atoms with Gasteiger partial charge >= 0.3 is 0 Å². The minimum absolute atomic E-state index is 0.00528. The molecule has 0 aliphatic carbocycles. The SMILES string of the molecule is C#CCN(C)S(=O)(=O)c1cc(CO)ccc1OC. The highest BCUT2D eigenvalue weighted by Gasteiger charge is 2.24. The zero-order chi connectivity index (χ0) is 13.8. The van der Waals surface area contributed by atoms with E-state index < -0.39 is 10.0 Å². The van der Waals surface area contributed by atoms with Gasteiger partial charge in [-0.25, -0.2) is 8.42 Å². The second-order valence-electron chi connectivity index (χ2n) is 3.61. The van der Waals surface area contributed by atoms with E-state index in [1.165, 1.54) is 26.3 Å². The van der Waals surface area contributed by atoms with Crippen LogP contribution < -0.4 is 4.74 Å². The third kappa shape index (κ3) is 2.82. The summed E-state index contributed by atoms with van der Waals surface area (Å²) in [4.78, 5) is -0.00528. The highest BCUT2D eigenvalue weighted by atomic mass is 32.2. The van der Waals surface area contributed by atoms with Crippen molar-refractivity contribution in [3.05, 3.63) is 23.8 Å². The summed E-state index contributed by atoms with van der Waals surface area (Å²) in [5.74, 6) is 2.48. The molecule has 98 valence electrons. The van der Waals surface area contributed by atoms with Gasteiger partial charge in [0, 0.05) is 7.05 Å². The van der Waals surface area contributed by atoms with E-state index in [4.69, 9.17) is 16.3 Å². The smallest absolute Gasteiger partial charge is 0.247 e. The summed E-state index contributed by atoms with van der Waals surface area (Å²) < 4.78 is 30.5. The molecule has 6 heteroatoms. The molecule has 1 aromatic rings. The van der Waals surface area contributed by atoms with Crippen molar-refractivity contribution in [2.24, 2.45) is 0 Å². The fourth-order valence-corrected chi connectivity index (χ4v) is 2.69. The van der Waals surface area contributed by atoms with E-state index in [1.807, 2.05) is 0 Å². The van der Waals surface area contributed by atoms with Gasteiger partial charge in [-0.1, -0.05) is 12.0 Å². The molecule has 1 N–H and O–H groups in total. The Balaban J connectivity index is 3.34. The highest BCUT2D eigenvalue weighted by Crippen LogP contribution is 2.27. The highest BCUT2D eigenvalue weighted by molar-refractivity contribution is 7.89. The summed E-state index contributed by atoms with van der Waals surface area (Å²) in [6.45, 7) is -0.278. The van der Waals surface area contributed by atoms with Crippen LogP contribution in [0.4, 0.5) is 0 Å². The fourth-order valence-electron chi connectivity index (χ4n) is 1.40. The molecule has 0 atom stereocenters. The van der Waals surface area contributed by atoms with Crippen molar-refractivity contribution in [3.63, 3.8) is 0 Å². The lowest BCUT2D eigenvalue weighted by Gasteiger charge is -2.17. The van der Waals surface area contributed by atoms with E-state index in [0.29, 0.717) is 5.56 Å². The van der Waals surface area contributed by atoms with Gasteiger partial charge in [-0.15, -0.1) is 6.42 Å². The summed E-state index contributed by atoms with van der Waals surface area (Å²) >= 11 is 0. The third-order valence-corrected chi connectivity index (χ3v) is 4.24. The monoisotopic (exact) mass is 269 g/mol. The summed E-state index contributed by atoms with van der Waals surface area (Å²) in [6, 6.07) is 4.47. The first kappa shape index (κ1) is 14.5. The third-order valence-electron chi connectivity index (χ3n) is 2.41. The summed E-state index contributed by atoms with van der Waals surface area (Å²) in [6.07, 6.45) is 5.10. The quantitative estimate of drug-likeness (QED) is 0.788. The molecule has 0 spiro atoms. The van der Waals surface area contributed by atoms with E-state index in [9.17, 15) is 8.42 Å². The van der Waals surface area contributed by atoms with Crippen LogP contribution in [0.3, 0.4) is 0 Å². The number of aliphatic hydroxyl groups is 1. The molecule has 0 saturated heterocycles. The standard InChI is InChI=1S/C12H15NO4S/c1-4-7-13(2)18(15,16)12-8-10(9-14)5-6-11(12)17-3/h1,5-6,8,14H,7,9H2,2-3H3. The van der Waals surface area contributed by atoms with Crippen LogP contribution in [0.5, 0.6) is 5.75 Å². The van der Waals surface area contributed by atoms with Crippen molar-refractivity contribution in [1.29, 1.82) is 0 Å². The second-order valence-corrected chi connectivity index (χ2v) is 5.62. The van der Waals surface area contributed by atoms with E-state index in [-0.39, 0.29) is 23.8 Å². The molecule has 0 bridgehead atoms. The molecule has 0 aliphatic heterocycles. The Kier molecular flexibility index (Phi) is 4.73. The topological polar surface area (TPSA) is 66.8 Å². The van der Waals surface area contributed by atoms with Gasteiger partial charge < -0.3 is 9.84 Å². The second kappa shape index (κ2) is 5.87. The Labute approximate surface area is 107 Å². The minimum Gasteiger partial charge on any atom is -0.495 e. The first-order valence-electron chi connectivity index (χ1n) is 5.15. The van der Waals surface area contributed by atoms with E-state index in [0.717, 1.165) is 4.31 Å². The van der Waals surface area contributed by atoms with Gasteiger partial charge in [0.25, 0.3) is 0 Å². The van der Waals surface area contributed by atoms with E-state index in [1.54, 1.807) is 6.07 Å². The molecular formula is C12H15NO4S. The van der Waals surface area contributed by atoms with Crippen molar-refractivity contribution in [2.45, 2.75) is 11.5 Å². The number of nitrogens with zero attached hydrogens (tertiary/aromatic N) is 1. The van der Waals surface area contributed by atoms with Crippen LogP contribution in [0, 0.1) is 12.3 Å². The molecule has 0 unspecified atom stereocenters. The summed E-state index contributed by atoms with van der Waals surface area (Å²) in [5, 5.41) is 9.05. The molecule has 0 saturated carbocycles. The molecule has 0 amide bonds. The van der Waals surface area contributed by atoms with E-state index >= 15 is 0 Å². The molecule has 5 nitrogen and oxygen atoms in total. The summed E-state index contributed by atoms with van der Waals surface area (Å²) in [7, 11) is -0.950. The van der Waals surface area contributed by atoms with Gasteiger partial charge in [0.05, 0.1) is 20.3 Å². The first-order chi connectivity index (χ1) is 8.47. The Morgan fingerprint density at radius 2 is 2.17 bits per heavy atom. The van der Waals surface area contributed by atoms with Gasteiger partial charge in [0.15, 0.2) is 0 Å². The van der Waals surface area contributed by atoms with Crippen molar-refractivity contribution in [1.82, 2.24) is 4.31 Å². The number of sulfonamides is 1. The van der Waals surface area contributed by atoms with Gasteiger partial charge in [0.2, 0.25) is 10.0 Å². The lowest BCUT2D eigenvalue weighted by atomic mass is 10.2. The first-order valence-corrected chi connectivity index (χ1v) is 6.59. The maximum atomic E-state index is 12.2. The molecule has 0 fully saturated rings. The van der Waals surface area contributed by atoms with Gasteiger partial charge in [-0.2, -0.15) is 4.31 Å². The van der Waals surface area contributed by atoms with Crippen molar-refractivity contribution in [2.75, 3.05) is 20.7 Å². The Hall–Kier alpha value is -1.55. The van der Waals surface area contributed by atoms with Crippen LogP contribution in [0.1, 0.15) is 5.56 Å². The molecule has 1 aromatic carbocycles. The molecule has 0 aromatic heterocycles. The van der Waals surface area contributed by atoms with Crippen LogP contribution in [-0.2, 0) is 16.6 Å². The number of rotatable bonds is 5. The van der Waals surface area contributed by atoms with Crippen molar-refractivity contribution < 1.29 is 18.3 Å². The minimum atomic E-state index is -3.72. The van der Waals surface area contributed by atoms with Crippen LogP contribution in [0.25, 0.3) is 0 Å². The molecule has 1 rings (SSSR count). The summed E-state index contributed by atoms with van der Waals surface area (Å²) in [5.41, 5.74) is 0.489. The molecular weight excluding hydrogens is 254 g/mol. The number of methoxy groups -OCH3 is 1. The zero-order valence-corrected chi connectivity index (χ0v) is 11.1. The van der Waals surface area contributed by atoms with Crippen LogP contribution >= 0.6 is 0 Å².